The van der Waals surface area contributed by atoms with E-state index in [9.17, 15) is 9.59 Å². The minimum absolute atomic E-state index is 0.0152. The van der Waals surface area contributed by atoms with E-state index in [1.807, 2.05) is 0 Å². The van der Waals surface area contributed by atoms with Gasteiger partial charge in [-0.05, 0) is 12.1 Å². The van der Waals surface area contributed by atoms with Gasteiger partial charge in [-0.1, -0.05) is 12.1 Å². The largest absolute Gasteiger partial charge is 0.421 e. The lowest BCUT2D eigenvalue weighted by Crippen LogP contribution is -2.19. The Balaban J connectivity index is 2.60. The van der Waals surface area contributed by atoms with Gasteiger partial charge in [0, 0.05) is 12.4 Å². The van der Waals surface area contributed by atoms with E-state index in [4.69, 9.17) is 9.68 Å². The fourth-order valence-electron chi connectivity index (χ4n) is 1.78. The monoisotopic (exact) mass is 257 g/mol. The van der Waals surface area contributed by atoms with Crippen LogP contribution >= 0.6 is 0 Å². The van der Waals surface area contributed by atoms with E-state index in [0.29, 0.717) is 16.7 Å². The summed E-state index contributed by atoms with van der Waals surface area (Å²) < 4.78 is 5.12. The highest BCUT2D eigenvalue weighted by Crippen LogP contribution is 2.27. The average Bonchev–Trinajstić information content (AvgIpc) is 2.40. The van der Waals surface area contributed by atoms with Crippen molar-refractivity contribution in [1.29, 1.82) is 5.26 Å². The van der Waals surface area contributed by atoms with Gasteiger partial charge >= 0.3 is 5.63 Å². The number of carbonyl (C=O) groups is 1. The number of hydrogen-bond donors (Lipinski definition) is 2. The molecular weight excluding hydrogens is 246 g/mol. The van der Waals surface area contributed by atoms with E-state index in [-0.39, 0.29) is 12.1 Å². The molecule has 0 spiro atoms. The highest BCUT2D eigenvalue weighted by Gasteiger charge is 2.15. The standard InChI is InChI=1S/C13H11N3O3/c1-15-11-8-4-2-3-5-9(8)19-13(18)12(11)16-10(17)6-7-14/h2-5,15H,6H2,1H3,(H,16,17). The predicted octanol–water partition coefficient (Wildman–Crippen LogP) is 1.69. The summed E-state index contributed by atoms with van der Waals surface area (Å²) in [6, 6.07) is 8.69. The summed E-state index contributed by atoms with van der Waals surface area (Å²) in [6.07, 6.45) is -0.324. The molecule has 0 saturated heterocycles. The molecule has 0 saturated carbocycles. The molecule has 0 atom stereocenters. The fraction of sp³-hybridized carbons (Fsp3) is 0.154. The summed E-state index contributed by atoms with van der Waals surface area (Å²) in [7, 11) is 1.64. The van der Waals surface area contributed by atoms with Crippen molar-refractivity contribution in [2.45, 2.75) is 6.42 Å². The van der Waals surface area contributed by atoms with Crippen LogP contribution in [0.25, 0.3) is 11.0 Å². The summed E-state index contributed by atoms with van der Waals surface area (Å²) in [6.45, 7) is 0. The summed E-state index contributed by atoms with van der Waals surface area (Å²) in [5, 5.41) is 14.4. The van der Waals surface area contributed by atoms with E-state index in [1.54, 1.807) is 37.4 Å². The second-order valence-electron chi connectivity index (χ2n) is 3.77. The van der Waals surface area contributed by atoms with E-state index >= 15 is 0 Å². The second kappa shape index (κ2) is 5.23. The maximum absolute atomic E-state index is 11.8. The number of hydrogen-bond acceptors (Lipinski definition) is 5. The number of anilines is 2. The van der Waals surface area contributed by atoms with Crippen molar-refractivity contribution >= 4 is 28.3 Å². The van der Waals surface area contributed by atoms with Crippen LogP contribution in [0.4, 0.5) is 11.4 Å². The van der Waals surface area contributed by atoms with E-state index in [2.05, 4.69) is 10.6 Å². The molecule has 0 aliphatic heterocycles. The van der Waals surface area contributed by atoms with Crippen LogP contribution < -0.4 is 16.3 Å². The molecule has 1 aromatic heterocycles. The Kier molecular flexibility index (Phi) is 3.48. The third-order valence-electron chi connectivity index (χ3n) is 2.57. The van der Waals surface area contributed by atoms with Crippen molar-refractivity contribution in [1.82, 2.24) is 0 Å². The molecule has 2 N–H and O–H groups in total. The Labute approximate surface area is 108 Å². The molecule has 0 aliphatic carbocycles. The first-order chi connectivity index (χ1) is 9.17. The van der Waals surface area contributed by atoms with Crippen molar-refractivity contribution < 1.29 is 9.21 Å². The van der Waals surface area contributed by atoms with Gasteiger partial charge in [0.2, 0.25) is 5.91 Å². The molecule has 1 heterocycles. The topological polar surface area (TPSA) is 95.1 Å². The zero-order valence-corrected chi connectivity index (χ0v) is 10.2. The van der Waals surface area contributed by atoms with Gasteiger partial charge in [-0.25, -0.2) is 4.79 Å². The van der Waals surface area contributed by atoms with Crippen molar-refractivity contribution in [2.75, 3.05) is 17.7 Å². The Morgan fingerprint density at radius 3 is 2.79 bits per heavy atom. The minimum atomic E-state index is -0.658. The molecular formula is C13H11N3O3. The van der Waals surface area contributed by atoms with Gasteiger partial charge in [0.1, 0.15) is 12.0 Å². The number of nitrogens with one attached hydrogen (secondary N) is 2. The van der Waals surface area contributed by atoms with Crippen LogP contribution in [0.1, 0.15) is 6.42 Å². The molecule has 96 valence electrons. The Hall–Kier alpha value is -2.81. The van der Waals surface area contributed by atoms with Gasteiger partial charge < -0.3 is 15.1 Å². The van der Waals surface area contributed by atoms with Crippen molar-refractivity contribution in [3.05, 3.63) is 34.7 Å². The molecule has 0 fully saturated rings. The first kappa shape index (κ1) is 12.6. The van der Waals surface area contributed by atoms with Gasteiger partial charge in [0.05, 0.1) is 11.8 Å². The van der Waals surface area contributed by atoms with Crippen molar-refractivity contribution in [3.8, 4) is 6.07 Å². The van der Waals surface area contributed by atoms with Gasteiger partial charge in [-0.15, -0.1) is 0 Å². The van der Waals surface area contributed by atoms with Gasteiger partial charge in [0.15, 0.2) is 5.69 Å². The Morgan fingerprint density at radius 1 is 1.37 bits per heavy atom. The van der Waals surface area contributed by atoms with E-state index in [0.717, 1.165) is 0 Å². The summed E-state index contributed by atoms with van der Waals surface area (Å²) >= 11 is 0. The first-order valence-electron chi connectivity index (χ1n) is 5.57. The van der Waals surface area contributed by atoms with E-state index < -0.39 is 11.5 Å². The van der Waals surface area contributed by atoms with Crippen LogP contribution in [-0.4, -0.2) is 13.0 Å². The molecule has 6 heteroatoms. The lowest BCUT2D eigenvalue weighted by molar-refractivity contribution is -0.115. The molecule has 2 aromatic rings. The van der Waals surface area contributed by atoms with Crippen LogP contribution in [0.5, 0.6) is 0 Å². The number of fused-ring (bicyclic) bond motifs is 1. The van der Waals surface area contributed by atoms with Crippen molar-refractivity contribution in [3.63, 3.8) is 0 Å². The third kappa shape index (κ3) is 2.40. The van der Waals surface area contributed by atoms with Gasteiger partial charge in [-0.3, -0.25) is 4.79 Å². The lowest BCUT2D eigenvalue weighted by atomic mass is 10.2. The molecule has 0 aliphatic rings. The zero-order valence-electron chi connectivity index (χ0n) is 10.2. The fourth-order valence-corrected chi connectivity index (χ4v) is 1.78. The summed E-state index contributed by atoms with van der Waals surface area (Å²) in [5.41, 5.74) is 0.254. The van der Waals surface area contributed by atoms with E-state index in [1.165, 1.54) is 0 Å². The maximum atomic E-state index is 11.8. The van der Waals surface area contributed by atoms with Crippen LogP contribution in [0.15, 0.2) is 33.5 Å². The van der Waals surface area contributed by atoms with Crippen LogP contribution in [0, 0.1) is 11.3 Å². The number of amides is 1. The normalized spacial score (nSPS) is 9.89. The van der Waals surface area contributed by atoms with Crippen LogP contribution in [0.2, 0.25) is 0 Å². The van der Waals surface area contributed by atoms with Crippen molar-refractivity contribution in [2.24, 2.45) is 0 Å². The quantitative estimate of drug-likeness (QED) is 0.816. The molecule has 0 radical (unpaired) electrons. The number of rotatable bonds is 3. The molecule has 0 bridgehead atoms. The molecule has 1 aromatic carbocycles. The highest BCUT2D eigenvalue weighted by atomic mass is 16.4. The number of nitrogens with zero attached hydrogens (tertiary/aromatic N) is 1. The first-order valence-corrected chi connectivity index (χ1v) is 5.57. The maximum Gasteiger partial charge on any atom is 0.362 e. The zero-order chi connectivity index (χ0) is 13.8. The Morgan fingerprint density at radius 2 is 2.11 bits per heavy atom. The van der Waals surface area contributed by atoms with Gasteiger partial charge in [0.25, 0.3) is 0 Å². The van der Waals surface area contributed by atoms with Crippen LogP contribution in [-0.2, 0) is 4.79 Å². The number of carbonyl (C=O) groups excluding carboxylic acids is 1. The molecule has 1 amide bonds. The summed E-state index contributed by atoms with van der Waals surface area (Å²) in [4.78, 5) is 23.3. The third-order valence-corrected chi connectivity index (χ3v) is 2.57. The predicted molar refractivity (Wildman–Crippen MR) is 70.9 cm³/mol. The average molecular weight is 257 g/mol. The minimum Gasteiger partial charge on any atom is -0.421 e. The number of benzene rings is 1. The Bertz CT molecular complexity index is 728. The van der Waals surface area contributed by atoms with Gasteiger partial charge in [-0.2, -0.15) is 5.26 Å². The lowest BCUT2D eigenvalue weighted by Gasteiger charge is -2.10. The molecule has 6 nitrogen and oxygen atoms in total. The number of para-hydroxylation sites is 1. The highest BCUT2D eigenvalue weighted by molar-refractivity contribution is 6.02. The molecule has 0 unspecified atom stereocenters. The summed E-state index contributed by atoms with van der Waals surface area (Å²) in [5.74, 6) is -0.554. The van der Waals surface area contributed by atoms with Crippen LogP contribution in [0.3, 0.4) is 0 Å². The second-order valence-corrected chi connectivity index (χ2v) is 3.77. The SMILES string of the molecule is CNc1c(NC(=O)CC#N)c(=O)oc2ccccc12. The molecule has 2 rings (SSSR count). The smallest absolute Gasteiger partial charge is 0.362 e. The number of nitriles is 1. The molecule has 19 heavy (non-hydrogen) atoms.